The number of benzene rings is 1. The first-order valence-electron chi connectivity index (χ1n) is 8.43. The zero-order chi connectivity index (χ0) is 17.9. The monoisotopic (exact) mass is 373 g/mol. The maximum atomic E-state index is 13.8. The lowest BCUT2D eigenvalue weighted by atomic mass is 10.1. The average Bonchev–Trinajstić information content (AvgIpc) is 3.15. The Balaban J connectivity index is 1.54. The van der Waals surface area contributed by atoms with Crippen LogP contribution in [0.1, 0.15) is 25.5 Å². The lowest BCUT2D eigenvalue weighted by molar-refractivity contribution is -0.0310. The van der Waals surface area contributed by atoms with Crippen LogP contribution in [0.3, 0.4) is 0 Å². The van der Waals surface area contributed by atoms with E-state index < -0.39 is 5.82 Å². The van der Waals surface area contributed by atoms with Crippen molar-refractivity contribution < 1.29 is 13.9 Å². The van der Waals surface area contributed by atoms with E-state index in [4.69, 9.17) is 21.1 Å². The molecule has 4 rings (SSSR count). The van der Waals surface area contributed by atoms with Gasteiger partial charge in [-0.15, -0.1) is 0 Å². The minimum atomic E-state index is -0.603. The lowest BCUT2D eigenvalue weighted by Gasteiger charge is -2.25. The van der Waals surface area contributed by atoms with Crippen LogP contribution < -0.4 is 4.74 Å². The molecule has 5 nitrogen and oxygen atoms in total. The Morgan fingerprint density at radius 3 is 2.77 bits per heavy atom. The quantitative estimate of drug-likeness (QED) is 0.628. The van der Waals surface area contributed by atoms with Gasteiger partial charge in [0.15, 0.2) is 5.82 Å². The third kappa shape index (κ3) is 3.57. The summed E-state index contributed by atoms with van der Waals surface area (Å²) in [4.78, 5) is 8.12. The molecule has 0 aliphatic carbocycles. The van der Waals surface area contributed by atoms with Gasteiger partial charge in [0.1, 0.15) is 12.0 Å². The third-order valence-electron chi connectivity index (χ3n) is 4.27. The van der Waals surface area contributed by atoms with E-state index >= 15 is 0 Å². The lowest BCUT2D eigenvalue weighted by Crippen LogP contribution is -2.18. The Labute approximate surface area is 155 Å². The fourth-order valence-corrected chi connectivity index (χ4v) is 3.13. The highest BCUT2D eigenvalue weighted by atomic mass is 35.5. The van der Waals surface area contributed by atoms with E-state index in [2.05, 4.69) is 14.5 Å². The summed E-state index contributed by atoms with van der Waals surface area (Å²) in [6.07, 6.45) is 8.20. The minimum absolute atomic E-state index is 0.0181. The van der Waals surface area contributed by atoms with Gasteiger partial charge in [-0.3, -0.25) is 0 Å². The first-order chi connectivity index (χ1) is 12.7. The summed E-state index contributed by atoms with van der Waals surface area (Å²) in [5, 5.41) is 0.225. The maximum Gasteiger partial charge on any atom is 0.255 e. The van der Waals surface area contributed by atoms with Crippen LogP contribution in [0.15, 0.2) is 49.1 Å². The number of aromatic nitrogens is 3. The molecule has 1 saturated heterocycles. The van der Waals surface area contributed by atoms with Crippen molar-refractivity contribution in [1.82, 2.24) is 14.5 Å². The van der Waals surface area contributed by atoms with E-state index in [-0.39, 0.29) is 17.1 Å². The molecule has 1 fully saturated rings. The second-order valence-electron chi connectivity index (χ2n) is 6.07. The summed E-state index contributed by atoms with van der Waals surface area (Å²) in [7, 11) is 0. The number of hydrogen-bond acceptors (Lipinski definition) is 4. The topological polar surface area (TPSA) is 49.2 Å². The van der Waals surface area contributed by atoms with Crippen molar-refractivity contribution in [3.8, 4) is 22.9 Å². The summed E-state index contributed by atoms with van der Waals surface area (Å²) in [6.45, 7) is 0.773. The highest BCUT2D eigenvalue weighted by Gasteiger charge is 2.19. The van der Waals surface area contributed by atoms with Crippen LogP contribution in [0, 0.1) is 5.82 Å². The van der Waals surface area contributed by atoms with Gasteiger partial charge in [0.2, 0.25) is 0 Å². The molecule has 1 aromatic carbocycles. The number of halogens is 2. The average molecular weight is 374 g/mol. The highest BCUT2D eigenvalue weighted by Crippen LogP contribution is 2.30. The van der Waals surface area contributed by atoms with Crippen LogP contribution in [0.2, 0.25) is 5.02 Å². The molecule has 0 spiro atoms. The number of pyridine rings is 1. The Kier molecular flexibility index (Phi) is 4.86. The van der Waals surface area contributed by atoms with Crippen LogP contribution >= 0.6 is 11.6 Å². The van der Waals surface area contributed by atoms with Gasteiger partial charge in [-0.1, -0.05) is 11.6 Å². The molecule has 134 valence electrons. The van der Waals surface area contributed by atoms with Crippen molar-refractivity contribution in [2.75, 3.05) is 6.61 Å². The van der Waals surface area contributed by atoms with Gasteiger partial charge in [-0.2, -0.15) is 0 Å². The molecule has 7 heteroatoms. The summed E-state index contributed by atoms with van der Waals surface area (Å²) in [5.74, 6) is -0.223. The van der Waals surface area contributed by atoms with Crippen molar-refractivity contribution >= 4 is 11.6 Å². The zero-order valence-corrected chi connectivity index (χ0v) is 14.7. The highest BCUT2D eigenvalue weighted by molar-refractivity contribution is 6.30. The molecule has 26 heavy (non-hydrogen) atoms. The molecule has 2 aromatic heterocycles. The number of nitrogens with zero attached hydrogens (tertiary/aromatic N) is 3. The Morgan fingerprint density at radius 1 is 1.19 bits per heavy atom. The Hall–Kier alpha value is -2.44. The minimum Gasteiger partial charge on any atom is -0.436 e. The van der Waals surface area contributed by atoms with Gasteiger partial charge in [-0.25, -0.2) is 14.4 Å². The van der Waals surface area contributed by atoms with Crippen molar-refractivity contribution in [1.29, 1.82) is 0 Å². The fourth-order valence-electron chi connectivity index (χ4n) is 2.98. The first-order valence-corrected chi connectivity index (χ1v) is 8.81. The van der Waals surface area contributed by atoms with Gasteiger partial charge in [-0.05, 0) is 49.6 Å². The SMILES string of the molecule is Fc1cc(Cl)cnc1Oc1ccc(-c2cncn2C2CCCCO2)cc1. The standard InChI is InChI=1S/C19H17ClFN3O2/c20-14-9-16(21)19(23-10-14)26-15-6-4-13(5-7-15)17-11-22-12-24(17)18-3-1-2-8-25-18/h4-7,9-12,18H,1-3,8H2. The van der Waals surface area contributed by atoms with Crippen LogP contribution in [0.5, 0.6) is 11.6 Å². The van der Waals surface area contributed by atoms with Crippen molar-refractivity contribution in [3.05, 3.63) is 59.9 Å². The molecule has 0 radical (unpaired) electrons. The summed E-state index contributed by atoms with van der Waals surface area (Å²) < 4.78 is 27.2. The van der Waals surface area contributed by atoms with Crippen molar-refractivity contribution in [3.63, 3.8) is 0 Å². The molecule has 0 amide bonds. The summed E-state index contributed by atoms with van der Waals surface area (Å²) >= 11 is 5.70. The van der Waals surface area contributed by atoms with E-state index in [1.165, 1.54) is 12.3 Å². The molecule has 1 atom stereocenters. The maximum absolute atomic E-state index is 13.8. The van der Waals surface area contributed by atoms with Crippen LogP contribution in [-0.2, 0) is 4.74 Å². The normalized spacial score (nSPS) is 17.2. The number of hydrogen-bond donors (Lipinski definition) is 0. The molecule has 0 N–H and O–H groups in total. The number of ether oxygens (including phenoxy) is 2. The Morgan fingerprint density at radius 2 is 2.04 bits per heavy atom. The third-order valence-corrected chi connectivity index (χ3v) is 4.48. The van der Waals surface area contributed by atoms with Crippen LogP contribution in [0.25, 0.3) is 11.3 Å². The molecular weight excluding hydrogens is 357 g/mol. The van der Waals surface area contributed by atoms with E-state index in [9.17, 15) is 4.39 Å². The van der Waals surface area contributed by atoms with Gasteiger partial charge in [0.25, 0.3) is 5.88 Å². The molecular formula is C19H17ClFN3O2. The predicted octanol–water partition coefficient (Wildman–Crippen LogP) is 5.23. The molecule has 0 bridgehead atoms. The molecule has 3 aromatic rings. The van der Waals surface area contributed by atoms with Gasteiger partial charge in [0, 0.05) is 18.4 Å². The van der Waals surface area contributed by atoms with E-state index in [0.29, 0.717) is 5.75 Å². The second-order valence-corrected chi connectivity index (χ2v) is 6.51. The Bertz CT molecular complexity index is 892. The number of rotatable bonds is 4. The second kappa shape index (κ2) is 7.43. The fraction of sp³-hybridized carbons (Fsp3) is 0.263. The number of imidazole rings is 1. The molecule has 3 heterocycles. The summed E-state index contributed by atoms with van der Waals surface area (Å²) in [5.41, 5.74) is 1.95. The smallest absolute Gasteiger partial charge is 0.255 e. The largest absolute Gasteiger partial charge is 0.436 e. The first kappa shape index (κ1) is 17.0. The summed E-state index contributed by atoms with van der Waals surface area (Å²) in [6, 6.07) is 8.51. The van der Waals surface area contributed by atoms with Crippen LogP contribution in [0.4, 0.5) is 4.39 Å². The van der Waals surface area contributed by atoms with E-state index in [0.717, 1.165) is 37.1 Å². The van der Waals surface area contributed by atoms with E-state index in [1.54, 1.807) is 18.5 Å². The van der Waals surface area contributed by atoms with E-state index in [1.807, 2.05) is 18.3 Å². The predicted molar refractivity (Wildman–Crippen MR) is 95.8 cm³/mol. The molecule has 0 saturated carbocycles. The van der Waals surface area contributed by atoms with Gasteiger partial charge in [0.05, 0.1) is 23.2 Å². The van der Waals surface area contributed by atoms with Crippen LogP contribution in [-0.4, -0.2) is 21.1 Å². The molecule has 1 aliphatic heterocycles. The molecule has 1 unspecified atom stereocenters. The van der Waals surface area contributed by atoms with Gasteiger partial charge < -0.3 is 14.0 Å². The van der Waals surface area contributed by atoms with Crippen molar-refractivity contribution in [2.24, 2.45) is 0 Å². The molecule has 1 aliphatic rings. The zero-order valence-electron chi connectivity index (χ0n) is 13.9. The van der Waals surface area contributed by atoms with Crippen molar-refractivity contribution in [2.45, 2.75) is 25.5 Å². The van der Waals surface area contributed by atoms with Gasteiger partial charge >= 0.3 is 0 Å².